The van der Waals surface area contributed by atoms with Crippen LogP contribution in [-0.4, -0.2) is 28.8 Å². The number of hydrogen-bond donors (Lipinski definition) is 1. The van der Waals surface area contributed by atoms with E-state index in [9.17, 15) is 9.18 Å². The van der Waals surface area contributed by atoms with Crippen LogP contribution in [0.4, 0.5) is 14.9 Å². The molecule has 0 saturated carbocycles. The fourth-order valence-corrected chi connectivity index (χ4v) is 3.80. The van der Waals surface area contributed by atoms with E-state index in [-0.39, 0.29) is 18.6 Å². The van der Waals surface area contributed by atoms with Gasteiger partial charge in [0.05, 0.1) is 0 Å². The van der Waals surface area contributed by atoms with Crippen molar-refractivity contribution in [3.63, 3.8) is 0 Å². The number of benzene rings is 2. The molecule has 2 amide bonds. The van der Waals surface area contributed by atoms with Gasteiger partial charge in [-0.2, -0.15) is 0 Å². The topological polar surface area (TPSA) is 55.7 Å². The Labute approximate surface area is 161 Å². The number of hydrogen-bond acceptors (Lipinski definition) is 3. The fourth-order valence-electron chi connectivity index (χ4n) is 3.80. The Hall–Kier alpha value is -3.48. The molecule has 1 atom stereocenters. The molecular formula is C21H18FN3O3. The van der Waals surface area contributed by atoms with Crippen molar-refractivity contribution in [2.24, 2.45) is 0 Å². The molecule has 6 nitrogen and oxygen atoms in total. The molecule has 0 aliphatic carbocycles. The number of rotatable bonds is 2. The number of fused-ring (bicyclic) bond motifs is 2. The largest absolute Gasteiger partial charge is 0.454 e. The quantitative estimate of drug-likeness (QED) is 0.732. The zero-order chi connectivity index (χ0) is 19.1. The fraction of sp³-hybridized carbons (Fsp3) is 0.190. The molecule has 0 fully saturated rings. The van der Waals surface area contributed by atoms with Crippen molar-refractivity contribution in [3.8, 4) is 11.5 Å². The number of halogens is 1. The highest BCUT2D eigenvalue weighted by Crippen LogP contribution is 2.36. The molecule has 142 valence electrons. The molecule has 0 saturated heterocycles. The highest BCUT2D eigenvalue weighted by Gasteiger charge is 2.34. The van der Waals surface area contributed by atoms with Crippen molar-refractivity contribution in [1.82, 2.24) is 9.47 Å². The SMILES string of the molecule is O=C(Nc1ccc2c(c1)OCO2)N1CCn2cccc2C1c1ccccc1F. The smallest absolute Gasteiger partial charge is 0.322 e. The van der Waals surface area contributed by atoms with Gasteiger partial charge in [0.2, 0.25) is 6.79 Å². The van der Waals surface area contributed by atoms with Gasteiger partial charge in [0.15, 0.2) is 11.5 Å². The van der Waals surface area contributed by atoms with Crippen LogP contribution in [0.25, 0.3) is 0 Å². The normalized spacial score (nSPS) is 17.3. The van der Waals surface area contributed by atoms with E-state index in [1.807, 2.05) is 18.3 Å². The van der Waals surface area contributed by atoms with E-state index in [0.717, 1.165) is 5.69 Å². The van der Waals surface area contributed by atoms with Gasteiger partial charge >= 0.3 is 6.03 Å². The molecule has 2 aliphatic heterocycles. The summed E-state index contributed by atoms with van der Waals surface area (Å²) in [6.07, 6.45) is 1.95. The van der Waals surface area contributed by atoms with Gasteiger partial charge in [-0.1, -0.05) is 18.2 Å². The summed E-state index contributed by atoms with van der Waals surface area (Å²) >= 11 is 0. The van der Waals surface area contributed by atoms with E-state index in [2.05, 4.69) is 9.88 Å². The molecular weight excluding hydrogens is 361 g/mol. The maximum absolute atomic E-state index is 14.6. The van der Waals surface area contributed by atoms with Gasteiger partial charge in [-0.05, 0) is 30.3 Å². The summed E-state index contributed by atoms with van der Waals surface area (Å²) in [7, 11) is 0. The third-order valence-corrected chi connectivity index (χ3v) is 5.12. The summed E-state index contributed by atoms with van der Waals surface area (Å²) in [4.78, 5) is 14.8. The molecule has 5 rings (SSSR count). The average molecular weight is 379 g/mol. The van der Waals surface area contributed by atoms with Crippen molar-refractivity contribution in [1.29, 1.82) is 0 Å². The standard InChI is InChI=1S/C21H18FN3O3/c22-16-5-2-1-4-15(16)20-17-6-3-9-24(17)10-11-25(20)21(26)23-14-7-8-18-19(12-14)28-13-27-18/h1-9,12,20H,10-11,13H2,(H,23,26). The first-order chi connectivity index (χ1) is 13.7. The Morgan fingerprint density at radius 3 is 2.79 bits per heavy atom. The molecule has 2 aromatic carbocycles. The third-order valence-electron chi connectivity index (χ3n) is 5.12. The second-order valence-corrected chi connectivity index (χ2v) is 6.74. The van der Waals surface area contributed by atoms with E-state index in [1.54, 1.807) is 41.3 Å². The Kier molecular flexibility index (Phi) is 3.93. The van der Waals surface area contributed by atoms with Crippen molar-refractivity contribution in [3.05, 3.63) is 77.9 Å². The molecule has 0 spiro atoms. The maximum atomic E-state index is 14.6. The van der Waals surface area contributed by atoms with Crippen LogP contribution in [-0.2, 0) is 6.54 Å². The Morgan fingerprint density at radius 2 is 1.89 bits per heavy atom. The number of nitrogens with zero attached hydrogens (tertiary/aromatic N) is 2. The van der Waals surface area contributed by atoms with Crippen molar-refractivity contribution in [2.75, 3.05) is 18.7 Å². The highest BCUT2D eigenvalue weighted by molar-refractivity contribution is 5.90. The minimum Gasteiger partial charge on any atom is -0.454 e. The summed E-state index contributed by atoms with van der Waals surface area (Å²) < 4.78 is 27.3. The van der Waals surface area contributed by atoms with Crippen LogP contribution in [0, 0.1) is 5.82 Å². The zero-order valence-electron chi connectivity index (χ0n) is 15.0. The number of aromatic nitrogens is 1. The Bertz CT molecular complexity index is 1050. The van der Waals surface area contributed by atoms with Gasteiger partial charge in [-0.25, -0.2) is 9.18 Å². The van der Waals surface area contributed by atoms with Crippen LogP contribution in [0.3, 0.4) is 0 Å². The van der Waals surface area contributed by atoms with Gasteiger partial charge in [0.25, 0.3) is 0 Å². The first-order valence-electron chi connectivity index (χ1n) is 9.07. The lowest BCUT2D eigenvalue weighted by molar-refractivity contribution is 0.174. The minimum absolute atomic E-state index is 0.172. The summed E-state index contributed by atoms with van der Waals surface area (Å²) in [6, 6.07) is 14.9. The van der Waals surface area contributed by atoms with Gasteiger partial charge in [0, 0.05) is 42.3 Å². The van der Waals surface area contributed by atoms with Crippen LogP contribution in [0.15, 0.2) is 60.8 Å². The first kappa shape index (κ1) is 16.7. The molecule has 0 radical (unpaired) electrons. The number of anilines is 1. The van der Waals surface area contributed by atoms with E-state index < -0.39 is 6.04 Å². The lowest BCUT2D eigenvalue weighted by Crippen LogP contribution is -2.44. The predicted octanol–water partition coefficient (Wildman–Crippen LogP) is 3.99. The van der Waals surface area contributed by atoms with Crippen LogP contribution < -0.4 is 14.8 Å². The first-order valence-corrected chi connectivity index (χ1v) is 9.07. The number of carbonyl (C=O) groups excluding carboxylic acids is 1. The summed E-state index contributed by atoms with van der Waals surface area (Å²) in [5.41, 5.74) is 1.96. The number of urea groups is 1. The number of amides is 2. The summed E-state index contributed by atoms with van der Waals surface area (Å²) in [5.74, 6) is 0.914. The van der Waals surface area contributed by atoms with Gasteiger partial charge < -0.3 is 24.3 Å². The van der Waals surface area contributed by atoms with E-state index >= 15 is 0 Å². The van der Waals surface area contributed by atoms with Crippen molar-refractivity contribution < 1.29 is 18.7 Å². The van der Waals surface area contributed by atoms with Gasteiger partial charge in [-0.15, -0.1) is 0 Å². The second kappa shape index (κ2) is 6.60. The van der Waals surface area contributed by atoms with Crippen LogP contribution in [0.5, 0.6) is 11.5 Å². The van der Waals surface area contributed by atoms with Gasteiger partial charge in [0.1, 0.15) is 11.9 Å². The molecule has 3 heterocycles. The van der Waals surface area contributed by atoms with Crippen molar-refractivity contribution >= 4 is 11.7 Å². The monoisotopic (exact) mass is 379 g/mol. The van der Waals surface area contributed by atoms with Crippen molar-refractivity contribution in [2.45, 2.75) is 12.6 Å². The third kappa shape index (κ3) is 2.76. The lowest BCUT2D eigenvalue weighted by Gasteiger charge is -2.37. The Morgan fingerprint density at radius 1 is 1.04 bits per heavy atom. The molecule has 1 unspecified atom stereocenters. The van der Waals surface area contributed by atoms with Crippen LogP contribution >= 0.6 is 0 Å². The highest BCUT2D eigenvalue weighted by atomic mass is 19.1. The molecule has 1 aromatic heterocycles. The maximum Gasteiger partial charge on any atom is 0.322 e. The van der Waals surface area contributed by atoms with Gasteiger partial charge in [-0.3, -0.25) is 0 Å². The molecule has 7 heteroatoms. The average Bonchev–Trinajstić information content (AvgIpc) is 3.36. The Balaban J connectivity index is 1.47. The molecule has 0 bridgehead atoms. The number of carbonyl (C=O) groups is 1. The number of ether oxygens (including phenoxy) is 2. The molecule has 3 aromatic rings. The second-order valence-electron chi connectivity index (χ2n) is 6.74. The van der Waals surface area contributed by atoms with E-state index in [0.29, 0.717) is 35.8 Å². The van der Waals surface area contributed by atoms with E-state index in [4.69, 9.17) is 9.47 Å². The molecule has 2 aliphatic rings. The summed E-state index contributed by atoms with van der Waals surface area (Å²) in [6.45, 7) is 1.30. The summed E-state index contributed by atoms with van der Waals surface area (Å²) in [5, 5.41) is 2.90. The minimum atomic E-state index is -0.501. The van der Waals surface area contributed by atoms with Crippen LogP contribution in [0.2, 0.25) is 0 Å². The molecule has 28 heavy (non-hydrogen) atoms. The zero-order valence-corrected chi connectivity index (χ0v) is 15.0. The predicted molar refractivity (Wildman–Crippen MR) is 101 cm³/mol. The number of nitrogens with one attached hydrogen (secondary N) is 1. The van der Waals surface area contributed by atoms with Crippen LogP contribution in [0.1, 0.15) is 17.3 Å². The lowest BCUT2D eigenvalue weighted by atomic mass is 9.99. The molecule has 1 N–H and O–H groups in total. The van der Waals surface area contributed by atoms with E-state index in [1.165, 1.54) is 6.07 Å².